The van der Waals surface area contributed by atoms with Gasteiger partial charge in [0, 0.05) is 20.1 Å². The van der Waals surface area contributed by atoms with Crippen LogP contribution in [0.3, 0.4) is 0 Å². The Morgan fingerprint density at radius 3 is 2.57 bits per heavy atom. The minimum atomic E-state index is -0.794. The van der Waals surface area contributed by atoms with Crippen molar-refractivity contribution in [3.8, 4) is 0 Å². The van der Waals surface area contributed by atoms with Crippen LogP contribution in [-0.4, -0.2) is 37.3 Å². The van der Waals surface area contributed by atoms with E-state index in [0.29, 0.717) is 23.0 Å². The van der Waals surface area contributed by atoms with E-state index in [1.165, 1.54) is 4.57 Å². The Bertz CT molecular complexity index is 1090. The molecular formula is C20H25N5O3. The van der Waals surface area contributed by atoms with Crippen LogP contribution in [0.4, 0.5) is 5.95 Å². The largest absolute Gasteiger partial charge is 0.387 e. The van der Waals surface area contributed by atoms with Crippen LogP contribution in [0, 0.1) is 5.92 Å². The zero-order valence-electron chi connectivity index (χ0n) is 16.1. The summed E-state index contributed by atoms with van der Waals surface area (Å²) in [5.74, 6) is 1.28. The molecule has 4 rings (SSSR count). The number of aromatic nitrogens is 4. The second-order valence-corrected chi connectivity index (χ2v) is 7.61. The van der Waals surface area contributed by atoms with Gasteiger partial charge in [-0.2, -0.15) is 4.98 Å². The van der Waals surface area contributed by atoms with Gasteiger partial charge < -0.3 is 14.6 Å². The predicted molar refractivity (Wildman–Crippen MR) is 108 cm³/mol. The quantitative estimate of drug-likeness (QED) is 0.710. The summed E-state index contributed by atoms with van der Waals surface area (Å²) in [6, 6.07) is 9.34. The molecule has 1 aromatic carbocycles. The molecule has 0 spiro atoms. The minimum absolute atomic E-state index is 0.184. The van der Waals surface area contributed by atoms with E-state index in [2.05, 4.69) is 21.8 Å². The summed E-state index contributed by atoms with van der Waals surface area (Å²) in [4.78, 5) is 33.8. The van der Waals surface area contributed by atoms with E-state index in [-0.39, 0.29) is 6.54 Å². The molecule has 1 atom stereocenters. The van der Waals surface area contributed by atoms with Crippen molar-refractivity contribution in [2.24, 2.45) is 13.0 Å². The molecule has 28 heavy (non-hydrogen) atoms. The number of aliphatic hydroxyl groups is 1. The van der Waals surface area contributed by atoms with Crippen molar-refractivity contribution in [2.75, 3.05) is 18.0 Å². The summed E-state index contributed by atoms with van der Waals surface area (Å²) in [6.07, 6.45) is 1.29. The Balaban J connectivity index is 1.84. The number of aryl methyl sites for hydroxylation is 1. The van der Waals surface area contributed by atoms with Crippen LogP contribution in [-0.2, 0) is 13.6 Å². The normalized spacial score (nSPS) is 16.6. The highest BCUT2D eigenvalue weighted by atomic mass is 16.3. The molecule has 148 valence electrons. The minimum Gasteiger partial charge on any atom is -0.387 e. The number of anilines is 1. The second-order valence-electron chi connectivity index (χ2n) is 7.61. The van der Waals surface area contributed by atoms with Gasteiger partial charge in [-0.05, 0) is 24.3 Å². The van der Waals surface area contributed by atoms with E-state index in [1.807, 2.05) is 30.3 Å². The van der Waals surface area contributed by atoms with E-state index in [1.54, 1.807) is 11.6 Å². The Kier molecular flexibility index (Phi) is 4.80. The number of piperidine rings is 1. The third kappa shape index (κ3) is 3.24. The topological polar surface area (TPSA) is 96.2 Å². The number of benzene rings is 1. The molecule has 0 unspecified atom stereocenters. The summed E-state index contributed by atoms with van der Waals surface area (Å²) >= 11 is 0. The van der Waals surface area contributed by atoms with Gasteiger partial charge in [0.25, 0.3) is 5.56 Å². The van der Waals surface area contributed by atoms with Crippen LogP contribution in [0.2, 0.25) is 0 Å². The van der Waals surface area contributed by atoms with Crippen molar-refractivity contribution in [3.63, 3.8) is 0 Å². The van der Waals surface area contributed by atoms with Gasteiger partial charge in [0.2, 0.25) is 5.95 Å². The van der Waals surface area contributed by atoms with Crippen molar-refractivity contribution in [3.05, 3.63) is 56.7 Å². The summed E-state index contributed by atoms with van der Waals surface area (Å²) in [6.45, 7) is 4.08. The van der Waals surface area contributed by atoms with Gasteiger partial charge in [0.15, 0.2) is 11.2 Å². The molecule has 2 N–H and O–H groups in total. The molecule has 1 aliphatic rings. The van der Waals surface area contributed by atoms with E-state index in [0.717, 1.165) is 31.5 Å². The number of rotatable bonds is 4. The van der Waals surface area contributed by atoms with E-state index >= 15 is 0 Å². The first-order valence-electron chi connectivity index (χ1n) is 9.63. The lowest BCUT2D eigenvalue weighted by Gasteiger charge is -2.31. The number of hydrogen-bond acceptors (Lipinski definition) is 5. The van der Waals surface area contributed by atoms with Crippen molar-refractivity contribution in [2.45, 2.75) is 32.4 Å². The number of aliphatic hydroxyl groups excluding tert-OH is 1. The standard InChI is InChI=1S/C20H25N5O3/c1-13-8-10-24(11-9-13)19-21-17-16(18(27)22-20(28)23(17)2)25(19)12-15(26)14-6-4-3-5-7-14/h3-7,13,15,26H,8-12H2,1-2H3,(H,22,27,28)/t15-/m0/s1. The number of H-pyrrole nitrogens is 1. The molecule has 0 amide bonds. The average molecular weight is 383 g/mol. The van der Waals surface area contributed by atoms with Crippen LogP contribution in [0.25, 0.3) is 11.2 Å². The summed E-state index contributed by atoms with van der Waals surface area (Å²) in [5, 5.41) is 10.8. The number of aromatic amines is 1. The fourth-order valence-electron chi connectivity index (χ4n) is 3.80. The maximum absolute atomic E-state index is 12.6. The fourth-order valence-corrected chi connectivity index (χ4v) is 3.80. The van der Waals surface area contributed by atoms with Gasteiger partial charge in [0.1, 0.15) is 0 Å². The third-order valence-corrected chi connectivity index (χ3v) is 5.59. The van der Waals surface area contributed by atoms with E-state index in [4.69, 9.17) is 0 Å². The molecule has 0 aliphatic carbocycles. The molecule has 2 aromatic heterocycles. The second kappa shape index (κ2) is 7.27. The number of imidazole rings is 1. The Morgan fingerprint density at radius 1 is 1.21 bits per heavy atom. The smallest absolute Gasteiger partial charge is 0.329 e. The van der Waals surface area contributed by atoms with Gasteiger partial charge in [0.05, 0.1) is 12.6 Å². The predicted octanol–water partition coefficient (Wildman–Crippen LogP) is 1.39. The lowest BCUT2D eigenvalue weighted by molar-refractivity contribution is 0.158. The van der Waals surface area contributed by atoms with Crippen molar-refractivity contribution < 1.29 is 5.11 Å². The Morgan fingerprint density at radius 2 is 1.89 bits per heavy atom. The van der Waals surface area contributed by atoms with E-state index < -0.39 is 17.4 Å². The molecule has 0 saturated carbocycles. The van der Waals surface area contributed by atoms with Crippen molar-refractivity contribution in [1.82, 2.24) is 19.1 Å². The van der Waals surface area contributed by atoms with Crippen molar-refractivity contribution >= 4 is 17.1 Å². The first kappa shape index (κ1) is 18.5. The highest BCUT2D eigenvalue weighted by Gasteiger charge is 2.25. The van der Waals surface area contributed by atoms with Crippen LogP contribution in [0.1, 0.15) is 31.4 Å². The van der Waals surface area contributed by atoms with Gasteiger partial charge in [-0.25, -0.2) is 4.79 Å². The summed E-state index contributed by atoms with van der Waals surface area (Å²) < 4.78 is 3.10. The van der Waals surface area contributed by atoms with Gasteiger partial charge >= 0.3 is 5.69 Å². The van der Waals surface area contributed by atoms with Gasteiger partial charge in [-0.1, -0.05) is 37.3 Å². The molecule has 1 aliphatic heterocycles. The van der Waals surface area contributed by atoms with Crippen LogP contribution >= 0.6 is 0 Å². The average Bonchev–Trinajstić information content (AvgIpc) is 3.07. The lowest BCUT2D eigenvalue weighted by atomic mass is 10.00. The molecular weight excluding hydrogens is 358 g/mol. The van der Waals surface area contributed by atoms with Crippen LogP contribution < -0.4 is 16.1 Å². The molecule has 3 aromatic rings. The Hall–Kier alpha value is -2.87. The first-order valence-corrected chi connectivity index (χ1v) is 9.63. The summed E-state index contributed by atoms with van der Waals surface area (Å²) in [5.41, 5.74) is 0.434. The molecule has 0 radical (unpaired) electrons. The third-order valence-electron chi connectivity index (χ3n) is 5.59. The molecule has 1 fully saturated rings. The van der Waals surface area contributed by atoms with E-state index in [9.17, 15) is 14.7 Å². The highest BCUT2D eigenvalue weighted by Crippen LogP contribution is 2.27. The monoisotopic (exact) mass is 383 g/mol. The molecule has 8 nitrogen and oxygen atoms in total. The molecule has 0 bridgehead atoms. The zero-order valence-corrected chi connectivity index (χ0v) is 16.1. The number of fused-ring (bicyclic) bond motifs is 1. The first-order chi connectivity index (χ1) is 13.5. The number of nitrogens with one attached hydrogen (secondary N) is 1. The number of nitrogens with zero attached hydrogens (tertiary/aromatic N) is 4. The highest BCUT2D eigenvalue weighted by molar-refractivity contribution is 5.74. The van der Waals surface area contributed by atoms with Crippen LogP contribution in [0.5, 0.6) is 0 Å². The maximum Gasteiger partial charge on any atom is 0.329 e. The number of hydrogen-bond donors (Lipinski definition) is 2. The molecule has 8 heteroatoms. The van der Waals surface area contributed by atoms with Crippen molar-refractivity contribution in [1.29, 1.82) is 0 Å². The lowest BCUT2D eigenvalue weighted by Crippen LogP contribution is -2.35. The summed E-state index contributed by atoms with van der Waals surface area (Å²) in [7, 11) is 1.59. The van der Waals surface area contributed by atoms with Crippen LogP contribution in [0.15, 0.2) is 39.9 Å². The fraction of sp³-hybridized carbons (Fsp3) is 0.450. The molecule has 1 saturated heterocycles. The SMILES string of the molecule is CC1CCN(c2nc3c(c(=O)[nH]c(=O)n3C)n2C[C@H](O)c2ccccc2)CC1. The van der Waals surface area contributed by atoms with Gasteiger partial charge in [-0.15, -0.1) is 0 Å². The molecule has 3 heterocycles. The Labute approximate surface area is 162 Å². The van der Waals surface area contributed by atoms with Gasteiger partial charge in [-0.3, -0.25) is 14.3 Å². The zero-order chi connectivity index (χ0) is 19.8. The maximum atomic E-state index is 12.6.